The second kappa shape index (κ2) is 3.40. The van der Waals surface area contributed by atoms with Crippen molar-refractivity contribution in [3.63, 3.8) is 0 Å². The van der Waals surface area contributed by atoms with E-state index >= 15 is 0 Å². The Bertz CT molecular complexity index is 138. The second-order valence-electron chi connectivity index (χ2n) is 3.10. The molecule has 0 heterocycles. The van der Waals surface area contributed by atoms with Gasteiger partial charge in [-0.1, -0.05) is 19.9 Å². The minimum atomic E-state index is 0.00563. The molecule has 0 aromatic heterocycles. The molecule has 1 N–H and O–H groups in total. The third-order valence-electron chi connectivity index (χ3n) is 1.35. The van der Waals surface area contributed by atoms with Crippen molar-refractivity contribution in [2.75, 3.05) is 6.54 Å². The molecule has 0 aliphatic carbocycles. The summed E-state index contributed by atoms with van der Waals surface area (Å²) in [6, 6.07) is 0. The summed E-state index contributed by atoms with van der Waals surface area (Å²) < 4.78 is 0. The van der Waals surface area contributed by atoms with E-state index in [9.17, 15) is 4.79 Å². The quantitative estimate of drug-likeness (QED) is 0.590. The second-order valence-corrected chi connectivity index (χ2v) is 3.10. The Morgan fingerprint density at radius 1 is 1.70 bits per heavy atom. The largest absolute Gasteiger partial charge is 0.355 e. The molecule has 2 heteroatoms. The summed E-state index contributed by atoms with van der Waals surface area (Å²) in [5, 5.41) is 2.73. The summed E-state index contributed by atoms with van der Waals surface area (Å²) in [4.78, 5) is 10.5. The topological polar surface area (TPSA) is 29.1 Å². The average Bonchev–Trinajstić information content (AvgIpc) is 1.85. The van der Waals surface area contributed by atoms with Crippen molar-refractivity contribution in [1.29, 1.82) is 0 Å². The number of amides is 1. The van der Waals surface area contributed by atoms with E-state index < -0.39 is 0 Å². The maximum atomic E-state index is 10.5. The van der Waals surface area contributed by atoms with E-state index in [1.165, 1.54) is 6.92 Å². The molecule has 10 heavy (non-hydrogen) atoms. The zero-order valence-electron chi connectivity index (χ0n) is 6.90. The van der Waals surface area contributed by atoms with Crippen LogP contribution in [-0.4, -0.2) is 12.5 Å². The molecule has 0 aliphatic rings. The molecule has 0 radical (unpaired) electrons. The van der Waals surface area contributed by atoms with E-state index in [-0.39, 0.29) is 11.3 Å². The first-order valence-corrected chi connectivity index (χ1v) is 3.36. The van der Waals surface area contributed by atoms with Gasteiger partial charge < -0.3 is 5.32 Å². The van der Waals surface area contributed by atoms with Gasteiger partial charge in [0.25, 0.3) is 0 Å². The Morgan fingerprint density at radius 2 is 2.20 bits per heavy atom. The third kappa shape index (κ3) is 4.13. The number of nitrogens with one attached hydrogen (secondary N) is 1. The van der Waals surface area contributed by atoms with Gasteiger partial charge >= 0.3 is 0 Å². The van der Waals surface area contributed by atoms with Gasteiger partial charge in [0.2, 0.25) is 5.91 Å². The molecule has 0 aromatic rings. The molecule has 0 atom stereocenters. The molecule has 0 saturated carbocycles. The zero-order valence-corrected chi connectivity index (χ0v) is 6.90. The Hall–Kier alpha value is -0.790. The Morgan fingerprint density at radius 3 is 2.50 bits per heavy atom. The molecule has 2 nitrogen and oxygen atoms in total. The van der Waals surface area contributed by atoms with Gasteiger partial charge in [0, 0.05) is 13.5 Å². The Kier molecular flexibility index (Phi) is 3.13. The van der Waals surface area contributed by atoms with E-state index in [1.807, 2.05) is 19.9 Å². The summed E-state index contributed by atoms with van der Waals surface area (Å²) in [5.41, 5.74) is 0.00563. The summed E-state index contributed by atoms with van der Waals surface area (Å²) in [6.45, 7) is 9.88. The van der Waals surface area contributed by atoms with Crippen LogP contribution in [0.15, 0.2) is 12.7 Å². The van der Waals surface area contributed by atoms with Crippen LogP contribution in [0.3, 0.4) is 0 Å². The van der Waals surface area contributed by atoms with Gasteiger partial charge in [-0.05, 0) is 5.41 Å². The lowest BCUT2D eigenvalue weighted by atomic mass is 9.94. The monoisotopic (exact) mass is 141 g/mol. The number of carbonyl (C=O) groups is 1. The maximum absolute atomic E-state index is 10.5. The lowest BCUT2D eigenvalue weighted by Crippen LogP contribution is -2.30. The van der Waals surface area contributed by atoms with Gasteiger partial charge in [-0.25, -0.2) is 0 Å². The highest BCUT2D eigenvalue weighted by Crippen LogP contribution is 2.13. The van der Waals surface area contributed by atoms with E-state index in [0.29, 0.717) is 6.54 Å². The van der Waals surface area contributed by atoms with Crippen LogP contribution < -0.4 is 5.32 Å². The third-order valence-corrected chi connectivity index (χ3v) is 1.35. The van der Waals surface area contributed by atoms with Crippen LogP contribution >= 0.6 is 0 Å². The van der Waals surface area contributed by atoms with Gasteiger partial charge in [0.05, 0.1) is 0 Å². The van der Waals surface area contributed by atoms with Gasteiger partial charge in [0.15, 0.2) is 0 Å². The van der Waals surface area contributed by atoms with Gasteiger partial charge in [-0.15, -0.1) is 6.58 Å². The number of carbonyl (C=O) groups excluding carboxylic acids is 1. The van der Waals surface area contributed by atoms with Crippen LogP contribution in [-0.2, 0) is 4.79 Å². The highest BCUT2D eigenvalue weighted by molar-refractivity contribution is 5.72. The lowest BCUT2D eigenvalue weighted by Gasteiger charge is -2.19. The van der Waals surface area contributed by atoms with Crippen molar-refractivity contribution in [2.45, 2.75) is 20.8 Å². The number of rotatable bonds is 3. The Balaban J connectivity index is 3.67. The fraction of sp³-hybridized carbons (Fsp3) is 0.625. The first-order chi connectivity index (χ1) is 4.48. The van der Waals surface area contributed by atoms with Crippen molar-refractivity contribution in [3.8, 4) is 0 Å². The lowest BCUT2D eigenvalue weighted by molar-refractivity contribution is -0.119. The Labute approximate surface area is 62.3 Å². The molecular formula is C8H15NO. The number of hydrogen-bond donors (Lipinski definition) is 1. The van der Waals surface area contributed by atoms with Gasteiger partial charge in [-0.2, -0.15) is 0 Å². The average molecular weight is 141 g/mol. The van der Waals surface area contributed by atoms with Crippen LogP contribution in [0, 0.1) is 5.41 Å². The predicted molar refractivity (Wildman–Crippen MR) is 42.7 cm³/mol. The fourth-order valence-electron chi connectivity index (χ4n) is 0.424. The van der Waals surface area contributed by atoms with E-state index in [4.69, 9.17) is 0 Å². The van der Waals surface area contributed by atoms with Crippen molar-refractivity contribution < 1.29 is 4.79 Å². The van der Waals surface area contributed by atoms with Crippen molar-refractivity contribution in [3.05, 3.63) is 12.7 Å². The smallest absolute Gasteiger partial charge is 0.216 e. The minimum absolute atomic E-state index is 0.00563. The molecule has 58 valence electrons. The van der Waals surface area contributed by atoms with E-state index in [1.54, 1.807) is 0 Å². The molecule has 0 aromatic carbocycles. The molecule has 0 bridgehead atoms. The van der Waals surface area contributed by atoms with Crippen LogP contribution in [0.25, 0.3) is 0 Å². The highest BCUT2D eigenvalue weighted by atomic mass is 16.1. The van der Waals surface area contributed by atoms with Crippen LogP contribution in [0.2, 0.25) is 0 Å². The summed E-state index contributed by atoms with van der Waals surface area (Å²) in [5.74, 6) is 0.00919. The molecule has 0 aliphatic heterocycles. The SMILES string of the molecule is C=CC(C)(C)CNC(C)=O. The highest BCUT2D eigenvalue weighted by Gasteiger charge is 2.11. The van der Waals surface area contributed by atoms with Crippen LogP contribution in [0.4, 0.5) is 0 Å². The van der Waals surface area contributed by atoms with Gasteiger partial charge in [-0.3, -0.25) is 4.79 Å². The van der Waals surface area contributed by atoms with Gasteiger partial charge in [0.1, 0.15) is 0 Å². The maximum Gasteiger partial charge on any atom is 0.216 e. The first kappa shape index (κ1) is 9.21. The standard InChI is InChI=1S/C8H15NO/c1-5-8(3,4)6-9-7(2)10/h5H,1,6H2,2-4H3,(H,9,10). The summed E-state index contributed by atoms with van der Waals surface area (Å²) in [6.07, 6.45) is 1.84. The van der Waals surface area contributed by atoms with Crippen molar-refractivity contribution in [2.24, 2.45) is 5.41 Å². The first-order valence-electron chi connectivity index (χ1n) is 3.36. The molecular weight excluding hydrogens is 126 g/mol. The van der Waals surface area contributed by atoms with Crippen LogP contribution in [0.1, 0.15) is 20.8 Å². The molecule has 0 rings (SSSR count). The summed E-state index contributed by atoms with van der Waals surface area (Å²) in [7, 11) is 0. The summed E-state index contributed by atoms with van der Waals surface area (Å²) >= 11 is 0. The molecule has 1 amide bonds. The van der Waals surface area contributed by atoms with E-state index in [2.05, 4.69) is 11.9 Å². The predicted octanol–water partition coefficient (Wildman–Crippen LogP) is 1.33. The zero-order chi connectivity index (χ0) is 8.20. The molecule has 0 saturated heterocycles. The molecule has 0 spiro atoms. The molecule has 0 fully saturated rings. The van der Waals surface area contributed by atoms with E-state index in [0.717, 1.165) is 0 Å². The minimum Gasteiger partial charge on any atom is -0.355 e. The molecule has 0 unspecified atom stereocenters. The van der Waals surface area contributed by atoms with Crippen LogP contribution in [0.5, 0.6) is 0 Å². The number of hydrogen-bond acceptors (Lipinski definition) is 1. The fourth-order valence-corrected chi connectivity index (χ4v) is 0.424. The normalized spacial score (nSPS) is 10.7. The van der Waals surface area contributed by atoms with Crippen molar-refractivity contribution >= 4 is 5.91 Å². The van der Waals surface area contributed by atoms with Crippen molar-refractivity contribution in [1.82, 2.24) is 5.32 Å².